The van der Waals surface area contributed by atoms with Crippen molar-refractivity contribution in [1.29, 1.82) is 0 Å². The van der Waals surface area contributed by atoms with E-state index in [9.17, 15) is 0 Å². The van der Waals surface area contributed by atoms with Crippen LogP contribution in [0.5, 0.6) is 0 Å². The van der Waals surface area contributed by atoms with Crippen LogP contribution in [-0.4, -0.2) is 46.3 Å². The van der Waals surface area contributed by atoms with Crippen molar-refractivity contribution in [2.24, 2.45) is 0 Å². The Labute approximate surface area is 126 Å². The normalized spacial score (nSPS) is 17.6. The molecule has 114 valence electrons. The molecular formula is C16H25N5. The van der Waals surface area contributed by atoms with E-state index in [-0.39, 0.29) is 0 Å². The van der Waals surface area contributed by atoms with Crippen molar-refractivity contribution in [2.75, 3.05) is 26.7 Å². The summed E-state index contributed by atoms with van der Waals surface area (Å²) in [5.74, 6) is 0. The molecule has 0 atom stereocenters. The zero-order valence-electron chi connectivity index (χ0n) is 13.0. The van der Waals surface area contributed by atoms with Gasteiger partial charge in [0.2, 0.25) is 0 Å². The van der Waals surface area contributed by atoms with Gasteiger partial charge in [0.05, 0.1) is 12.2 Å². The second kappa shape index (κ2) is 6.54. The molecule has 1 aliphatic rings. The van der Waals surface area contributed by atoms with Crippen LogP contribution in [0.15, 0.2) is 18.5 Å². The van der Waals surface area contributed by atoms with Gasteiger partial charge in [-0.3, -0.25) is 0 Å². The highest BCUT2D eigenvalue weighted by Gasteiger charge is 2.20. The van der Waals surface area contributed by atoms with E-state index in [2.05, 4.69) is 45.0 Å². The topological polar surface area (TPSA) is 46.0 Å². The maximum Gasteiger partial charge on any atom is 0.157 e. The molecule has 0 aromatic carbocycles. The lowest BCUT2D eigenvalue weighted by Gasteiger charge is -2.29. The standard InChI is InChI=1S/C16H25N5/c1-3-6-17-10-13-9-14-12-19-21(16(14)18-11-13)15-4-7-20(2)8-5-15/h9,11-12,15,17H,3-8,10H2,1-2H3. The third-order valence-electron chi connectivity index (χ3n) is 4.28. The Balaban J connectivity index is 1.76. The number of fused-ring (bicyclic) bond motifs is 1. The van der Waals surface area contributed by atoms with E-state index in [0.29, 0.717) is 6.04 Å². The van der Waals surface area contributed by atoms with Gasteiger partial charge in [-0.15, -0.1) is 0 Å². The number of pyridine rings is 1. The third kappa shape index (κ3) is 3.24. The van der Waals surface area contributed by atoms with Crippen molar-refractivity contribution in [1.82, 2.24) is 25.0 Å². The second-order valence-corrected chi connectivity index (χ2v) is 6.06. The highest BCUT2D eigenvalue weighted by molar-refractivity contribution is 5.75. The summed E-state index contributed by atoms with van der Waals surface area (Å²) < 4.78 is 2.13. The smallest absolute Gasteiger partial charge is 0.157 e. The van der Waals surface area contributed by atoms with E-state index in [0.717, 1.165) is 56.5 Å². The van der Waals surface area contributed by atoms with Crippen LogP contribution < -0.4 is 5.32 Å². The second-order valence-electron chi connectivity index (χ2n) is 6.06. The van der Waals surface area contributed by atoms with E-state index >= 15 is 0 Å². The van der Waals surface area contributed by atoms with Crippen molar-refractivity contribution < 1.29 is 0 Å². The first-order chi connectivity index (χ1) is 10.3. The van der Waals surface area contributed by atoms with Crippen molar-refractivity contribution in [2.45, 2.75) is 38.8 Å². The van der Waals surface area contributed by atoms with Crippen molar-refractivity contribution in [3.63, 3.8) is 0 Å². The SMILES string of the molecule is CCCNCc1cnc2c(cnn2C2CCN(C)CC2)c1. The molecule has 1 N–H and O–H groups in total. The Morgan fingerprint density at radius 3 is 2.86 bits per heavy atom. The van der Waals surface area contributed by atoms with Crippen molar-refractivity contribution in [3.8, 4) is 0 Å². The molecule has 0 saturated carbocycles. The number of nitrogens with one attached hydrogen (secondary N) is 1. The number of piperidine rings is 1. The van der Waals surface area contributed by atoms with Gasteiger partial charge in [-0.05, 0) is 57.6 Å². The predicted molar refractivity (Wildman–Crippen MR) is 85.3 cm³/mol. The van der Waals surface area contributed by atoms with E-state index in [1.807, 2.05) is 12.4 Å². The van der Waals surface area contributed by atoms with Crippen LogP contribution in [-0.2, 0) is 6.54 Å². The number of nitrogens with zero attached hydrogens (tertiary/aromatic N) is 4. The molecule has 2 aromatic heterocycles. The van der Waals surface area contributed by atoms with Gasteiger partial charge in [0, 0.05) is 18.1 Å². The lowest BCUT2D eigenvalue weighted by Crippen LogP contribution is -2.31. The molecule has 5 heteroatoms. The molecule has 0 unspecified atom stereocenters. The van der Waals surface area contributed by atoms with Gasteiger partial charge >= 0.3 is 0 Å². The molecule has 0 radical (unpaired) electrons. The van der Waals surface area contributed by atoms with Crippen molar-refractivity contribution in [3.05, 3.63) is 24.0 Å². The maximum absolute atomic E-state index is 4.66. The molecule has 3 rings (SSSR count). The molecule has 21 heavy (non-hydrogen) atoms. The van der Waals surface area contributed by atoms with Gasteiger partial charge in [0.15, 0.2) is 5.65 Å². The fraction of sp³-hybridized carbons (Fsp3) is 0.625. The molecular weight excluding hydrogens is 262 g/mol. The summed E-state index contributed by atoms with van der Waals surface area (Å²) in [4.78, 5) is 7.04. The molecule has 1 fully saturated rings. The highest BCUT2D eigenvalue weighted by atomic mass is 15.3. The Bertz CT molecular complexity index is 583. The van der Waals surface area contributed by atoms with Crippen LogP contribution in [0.4, 0.5) is 0 Å². The molecule has 0 aliphatic carbocycles. The summed E-state index contributed by atoms with van der Waals surface area (Å²) in [6.45, 7) is 6.40. The van der Waals surface area contributed by atoms with Crippen molar-refractivity contribution >= 4 is 11.0 Å². The molecule has 1 saturated heterocycles. The summed E-state index contributed by atoms with van der Waals surface area (Å²) >= 11 is 0. The van der Waals surface area contributed by atoms with E-state index in [1.165, 1.54) is 5.56 Å². The van der Waals surface area contributed by atoms with Crippen LogP contribution in [0.25, 0.3) is 11.0 Å². The van der Waals surface area contributed by atoms with Crippen LogP contribution in [0.1, 0.15) is 37.8 Å². The molecule has 0 amide bonds. The first-order valence-electron chi connectivity index (χ1n) is 7.99. The number of hydrogen-bond acceptors (Lipinski definition) is 4. The molecule has 5 nitrogen and oxygen atoms in total. The molecule has 0 bridgehead atoms. The first kappa shape index (κ1) is 14.5. The van der Waals surface area contributed by atoms with Crippen LogP contribution >= 0.6 is 0 Å². The lowest BCUT2D eigenvalue weighted by atomic mass is 10.1. The lowest BCUT2D eigenvalue weighted by molar-refractivity contribution is 0.215. The fourth-order valence-electron chi connectivity index (χ4n) is 3.00. The Hall–Kier alpha value is -1.46. The molecule has 3 heterocycles. The minimum Gasteiger partial charge on any atom is -0.313 e. The fourth-order valence-corrected chi connectivity index (χ4v) is 3.00. The average Bonchev–Trinajstić information content (AvgIpc) is 2.91. The molecule has 2 aromatic rings. The number of aromatic nitrogens is 3. The number of rotatable bonds is 5. The van der Waals surface area contributed by atoms with E-state index in [4.69, 9.17) is 0 Å². The minimum absolute atomic E-state index is 0.496. The maximum atomic E-state index is 4.66. The predicted octanol–water partition coefficient (Wildman–Crippen LogP) is 2.20. The van der Waals surface area contributed by atoms with Crippen LogP contribution in [0.2, 0.25) is 0 Å². The summed E-state index contributed by atoms with van der Waals surface area (Å²) in [5.41, 5.74) is 2.27. The zero-order valence-corrected chi connectivity index (χ0v) is 13.0. The third-order valence-corrected chi connectivity index (χ3v) is 4.28. The van der Waals surface area contributed by atoms with Gasteiger partial charge in [-0.1, -0.05) is 6.92 Å². The summed E-state index contributed by atoms with van der Waals surface area (Å²) in [5, 5.41) is 9.17. The minimum atomic E-state index is 0.496. The summed E-state index contributed by atoms with van der Waals surface area (Å²) in [6.07, 6.45) is 7.43. The zero-order chi connectivity index (χ0) is 14.7. The van der Waals surface area contributed by atoms with Gasteiger partial charge in [0.1, 0.15) is 0 Å². The Kier molecular flexibility index (Phi) is 4.51. The van der Waals surface area contributed by atoms with Gasteiger partial charge in [-0.25, -0.2) is 9.67 Å². The largest absolute Gasteiger partial charge is 0.313 e. The van der Waals surface area contributed by atoms with Crippen LogP contribution in [0, 0.1) is 0 Å². The first-order valence-corrected chi connectivity index (χ1v) is 7.99. The molecule has 1 aliphatic heterocycles. The summed E-state index contributed by atoms with van der Waals surface area (Å²) in [6, 6.07) is 2.71. The molecule has 0 spiro atoms. The van der Waals surface area contributed by atoms with Gasteiger partial charge in [0.25, 0.3) is 0 Å². The summed E-state index contributed by atoms with van der Waals surface area (Å²) in [7, 11) is 2.19. The quantitative estimate of drug-likeness (QED) is 0.856. The van der Waals surface area contributed by atoms with E-state index < -0.39 is 0 Å². The Morgan fingerprint density at radius 2 is 2.10 bits per heavy atom. The number of hydrogen-bond donors (Lipinski definition) is 1. The average molecular weight is 287 g/mol. The Morgan fingerprint density at radius 1 is 1.29 bits per heavy atom. The monoisotopic (exact) mass is 287 g/mol. The number of likely N-dealkylation sites (tertiary alicyclic amines) is 1. The van der Waals surface area contributed by atoms with Crippen LogP contribution in [0.3, 0.4) is 0 Å². The van der Waals surface area contributed by atoms with E-state index in [1.54, 1.807) is 0 Å². The van der Waals surface area contributed by atoms with Gasteiger partial charge in [-0.2, -0.15) is 5.10 Å². The van der Waals surface area contributed by atoms with Gasteiger partial charge < -0.3 is 10.2 Å². The highest BCUT2D eigenvalue weighted by Crippen LogP contribution is 2.25.